The van der Waals surface area contributed by atoms with Gasteiger partial charge in [-0.3, -0.25) is 0 Å². The number of aliphatic hydroxyl groups is 1. The summed E-state index contributed by atoms with van der Waals surface area (Å²) in [5, 5.41) is 9.31. The average Bonchev–Trinajstić information content (AvgIpc) is 2.24. The Bertz CT molecular complexity index is 289. The van der Waals surface area contributed by atoms with Crippen LogP contribution in [0.3, 0.4) is 0 Å². The number of rotatable bonds is 6. The molecule has 0 radical (unpaired) electrons. The standard InChI is InChI=1S/C12H17BrO2/c1-15-7-3-5-11(9-14)10-4-2-6-12(13)8-10/h2,4,6,8,11,14H,3,5,7,9H2,1H3. The van der Waals surface area contributed by atoms with Crippen LogP contribution >= 0.6 is 15.9 Å². The lowest BCUT2D eigenvalue weighted by molar-refractivity contribution is 0.183. The van der Waals surface area contributed by atoms with Gasteiger partial charge in [0.2, 0.25) is 0 Å². The normalized spacial score (nSPS) is 12.7. The van der Waals surface area contributed by atoms with Crippen molar-refractivity contribution in [2.45, 2.75) is 18.8 Å². The first kappa shape index (κ1) is 12.7. The molecule has 84 valence electrons. The summed E-state index contributed by atoms with van der Waals surface area (Å²) in [7, 11) is 1.70. The highest BCUT2D eigenvalue weighted by Crippen LogP contribution is 2.23. The molecule has 15 heavy (non-hydrogen) atoms. The lowest BCUT2D eigenvalue weighted by Crippen LogP contribution is -2.05. The molecule has 1 aromatic carbocycles. The van der Waals surface area contributed by atoms with E-state index in [4.69, 9.17) is 4.74 Å². The van der Waals surface area contributed by atoms with Gasteiger partial charge in [0.15, 0.2) is 0 Å². The van der Waals surface area contributed by atoms with Gasteiger partial charge >= 0.3 is 0 Å². The fraction of sp³-hybridized carbons (Fsp3) is 0.500. The summed E-state index contributed by atoms with van der Waals surface area (Å²) in [6.07, 6.45) is 1.94. The molecule has 0 amide bonds. The molecule has 1 atom stereocenters. The molecule has 0 spiro atoms. The van der Waals surface area contributed by atoms with E-state index in [0.717, 1.165) is 23.9 Å². The predicted octanol–water partition coefficient (Wildman–Crippen LogP) is 2.95. The predicted molar refractivity (Wildman–Crippen MR) is 65.1 cm³/mol. The summed E-state index contributed by atoms with van der Waals surface area (Å²) >= 11 is 3.44. The summed E-state index contributed by atoms with van der Waals surface area (Å²) in [4.78, 5) is 0. The van der Waals surface area contributed by atoms with Crippen molar-refractivity contribution in [3.05, 3.63) is 34.3 Å². The van der Waals surface area contributed by atoms with Crippen molar-refractivity contribution < 1.29 is 9.84 Å². The minimum atomic E-state index is 0.195. The van der Waals surface area contributed by atoms with E-state index >= 15 is 0 Å². The second-order valence-electron chi connectivity index (χ2n) is 3.57. The fourth-order valence-electron chi connectivity index (χ4n) is 1.60. The fourth-order valence-corrected chi connectivity index (χ4v) is 2.01. The minimum absolute atomic E-state index is 0.195. The maximum atomic E-state index is 9.31. The number of hydrogen-bond donors (Lipinski definition) is 1. The van der Waals surface area contributed by atoms with Gasteiger partial charge in [-0.15, -0.1) is 0 Å². The van der Waals surface area contributed by atoms with Crippen molar-refractivity contribution >= 4 is 15.9 Å². The van der Waals surface area contributed by atoms with Crippen molar-refractivity contribution in [1.82, 2.24) is 0 Å². The third-order valence-electron chi connectivity index (χ3n) is 2.44. The molecule has 1 N–H and O–H groups in total. The summed E-state index contributed by atoms with van der Waals surface area (Å²) in [5.74, 6) is 0.220. The van der Waals surface area contributed by atoms with E-state index < -0.39 is 0 Å². The highest BCUT2D eigenvalue weighted by molar-refractivity contribution is 9.10. The Morgan fingerprint density at radius 1 is 1.47 bits per heavy atom. The van der Waals surface area contributed by atoms with Crippen LogP contribution in [0.15, 0.2) is 28.7 Å². The van der Waals surface area contributed by atoms with Crippen LogP contribution in [0.5, 0.6) is 0 Å². The Morgan fingerprint density at radius 2 is 2.27 bits per heavy atom. The number of benzene rings is 1. The number of hydrogen-bond acceptors (Lipinski definition) is 2. The van der Waals surface area contributed by atoms with Gasteiger partial charge in [-0.2, -0.15) is 0 Å². The zero-order valence-electron chi connectivity index (χ0n) is 8.95. The zero-order chi connectivity index (χ0) is 11.1. The number of aliphatic hydroxyl groups excluding tert-OH is 1. The minimum Gasteiger partial charge on any atom is -0.396 e. The Labute approximate surface area is 99.4 Å². The molecular weight excluding hydrogens is 256 g/mol. The summed E-state index contributed by atoms with van der Waals surface area (Å²) < 4.78 is 6.07. The number of ether oxygens (including phenoxy) is 1. The van der Waals surface area contributed by atoms with E-state index in [2.05, 4.69) is 28.1 Å². The van der Waals surface area contributed by atoms with Crippen molar-refractivity contribution in [2.24, 2.45) is 0 Å². The molecule has 0 aliphatic rings. The molecular formula is C12H17BrO2. The van der Waals surface area contributed by atoms with Crippen LogP contribution in [-0.4, -0.2) is 25.4 Å². The number of halogens is 1. The van der Waals surface area contributed by atoms with E-state index in [1.807, 2.05) is 12.1 Å². The van der Waals surface area contributed by atoms with E-state index in [9.17, 15) is 5.11 Å². The van der Waals surface area contributed by atoms with Gasteiger partial charge < -0.3 is 9.84 Å². The van der Waals surface area contributed by atoms with E-state index in [0.29, 0.717) is 0 Å². The molecule has 0 bridgehead atoms. The van der Waals surface area contributed by atoms with Crippen molar-refractivity contribution in [3.8, 4) is 0 Å². The topological polar surface area (TPSA) is 29.5 Å². The Kier molecular flexibility index (Phi) is 5.91. The number of methoxy groups -OCH3 is 1. The molecule has 0 heterocycles. The second-order valence-corrected chi connectivity index (χ2v) is 4.49. The highest BCUT2D eigenvalue weighted by atomic mass is 79.9. The Morgan fingerprint density at radius 3 is 2.87 bits per heavy atom. The molecule has 0 fully saturated rings. The van der Waals surface area contributed by atoms with Crippen molar-refractivity contribution in [2.75, 3.05) is 20.3 Å². The van der Waals surface area contributed by atoms with Crippen LogP contribution in [0.1, 0.15) is 24.3 Å². The average molecular weight is 273 g/mol. The van der Waals surface area contributed by atoms with E-state index in [1.54, 1.807) is 7.11 Å². The Balaban J connectivity index is 2.57. The highest BCUT2D eigenvalue weighted by Gasteiger charge is 2.09. The van der Waals surface area contributed by atoms with Gasteiger partial charge in [-0.25, -0.2) is 0 Å². The first-order chi connectivity index (χ1) is 7.27. The third kappa shape index (κ3) is 4.33. The van der Waals surface area contributed by atoms with Gasteiger partial charge in [0.25, 0.3) is 0 Å². The molecule has 3 heteroatoms. The van der Waals surface area contributed by atoms with Crippen LogP contribution < -0.4 is 0 Å². The largest absolute Gasteiger partial charge is 0.396 e. The Hall–Kier alpha value is -0.380. The molecule has 1 unspecified atom stereocenters. The lowest BCUT2D eigenvalue weighted by atomic mass is 9.95. The van der Waals surface area contributed by atoms with Crippen LogP contribution in [0.2, 0.25) is 0 Å². The summed E-state index contributed by atoms with van der Waals surface area (Å²) in [6, 6.07) is 8.11. The van der Waals surface area contributed by atoms with Gasteiger partial charge in [0.1, 0.15) is 0 Å². The van der Waals surface area contributed by atoms with E-state index in [1.165, 1.54) is 5.56 Å². The zero-order valence-corrected chi connectivity index (χ0v) is 10.5. The van der Waals surface area contributed by atoms with Gasteiger partial charge in [-0.1, -0.05) is 28.1 Å². The van der Waals surface area contributed by atoms with Gasteiger partial charge in [0, 0.05) is 30.7 Å². The molecule has 0 saturated carbocycles. The monoisotopic (exact) mass is 272 g/mol. The molecule has 1 rings (SSSR count). The molecule has 2 nitrogen and oxygen atoms in total. The van der Waals surface area contributed by atoms with Crippen molar-refractivity contribution in [3.63, 3.8) is 0 Å². The molecule has 0 aliphatic carbocycles. The molecule has 0 aromatic heterocycles. The SMILES string of the molecule is COCCCC(CO)c1cccc(Br)c1. The summed E-state index contributed by atoms with van der Waals surface area (Å²) in [6.45, 7) is 0.949. The first-order valence-electron chi connectivity index (χ1n) is 5.13. The third-order valence-corrected chi connectivity index (χ3v) is 2.93. The maximum absolute atomic E-state index is 9.31. The molecule has 0 saturated heterocycles. The van der Waals surface area contributed by atoms with E-state index in [-0.39, 0.29) is 12.5 Å². The van der Waals surface area contributed by atoms with Crippen LogP contribution in [0, 0.1) is 0 Å². The van der Waals surface area contributed by atoms with Crippen LogP contribution in [-0.2, 0) is 4.74 Å². The molecule has 1 aromatic rings. The quantitative estimate of drug-likeness (QED) is 0.807. The smallest absolute Gasteiger partial charge is 0.0499 e. The van der Waals surface area contributed by atoms with Gasteiger partial charge in [0.05, 0.1) is 0 Å². The van der Waals surface area contributed by atoms with Crippen molar-refractivity contribution in [1.29, 1.82) is 0 Å². The maximum Gasteiger partial charge on any atom is 0.0499 e. The molecule has 0 aliphatic heterocycles. The summed E-state index contributed by atoms with van der Waals surface area (Å²) in [5.41, 5.74) is 1.18. The van der Waals surface area contributed by atoms with Gasteiger partial charge in [-0.05, 0) is 30.5 Å². The first-order valence-corrected chi connectivity index (χ1v) is 5.92. The lowest BCUT2D eigenvalue weighted by Gasteiger charge is -2.14. The van der Waals surface area contributed by atoms with Crippen LogP contribution in [0.25, 0.3) is 0 Å². The van der Waals surface area contributed by atoms with Crippen LogP contribution in [0.4, 0.5) is 0 Å². The second kappa shape index (κ2) is 6.99.